The number of aryl methyl sites for hydroxylation is 2. The molecule has 0 aliphatic heterocycles. The number of fused-ring (bicyclic) bond motifs is 1. The van der Waals surface area contributed by atoms with Crippen LogP contribution in [0.4, 0.5) is 14.5 Å². The summed E-state index contributed by atoms with van der Waals surface area (Å²) in [5.41, 5.74) is 8.61. The molecule has 1 atom stereocenters. The van der Waals surface area contributed by atoms with E-state index >= 15 is 0 Å². The quantitative estimate of drug-likeness (QED) is 0.481. The van der Waals surface area contributed by atoms with E-state index in [0.717, 1.165) is 28.8 Å². The first-order valence-corrected chi connectivity index (χ1v) is 11.0. The van der Waals surface area contributed by atoms with Crippen LogP contribution in [0.15, 0.2) is 23.1 Å². The van der Waals surface area contributed by atoms with Gasteiger partial charge in [0.1, 0.15) is 11.1 Å². The van der Waals surface area contributed by atoms with Crippen LogP contribution in [-0.4, -0.2) is 29.5 Å². The van der Waals surface area contributed by atoms with E-state index in [4.69, 9.17) is 17.3 Å². The molecule has 1 unspecified atom stereocenters. The first-order chi connectivity index (χ1) is 13.5. The van der Waals surface area contributed by atoms with Crippen molar-refractivity contribution >= 4 is 48.7 Å². The predicted octanol–water partition coefficient (Wildman–Crippen LogP) is 3.32. The van der Waals surface area contributed by atoms with Crippen molar-refractivity contribution in [3.05, 3.63) is 44.9 Å². The second kappa shape index (κ2) is 8.07. The van der Waals surface area contributed by atoms with E-state index < -0.39 is 26.7 Å². The standard InChI is InChI=1S/C17H17ClF2N4O3S2/c1-7-8(2)23-24-16-12(7)13(21)14(28-16)15(25)22-6-9-3-4-10(5-11(9)18)29(26,27)17(19)20/h3-5,15,17,22,25H,6,21H2,1-2H3. The van der Waals surface area contributed by atoms with Gasteiger partial charge in [0.25, 0.3) is 0 Å². The maximum absolute atomic E-state index is 12.7. The molecule has 0 spiro atoms. The number of sulfone groups is 1. The lowest BCUT2D eigenvalue weighted by molar-refractivity contribution is 0.141. The van der Waals surface area contributed by atoms with Gasteiger partial charge in [0.05, 0.1) is 21.2 Å². The number of hydrogen-bond donors (Lipinski definition) is 3. The van der Waals surface area contributed by atoms with Gasteiger partial charge in [-0.2, -0.15) is 13.9 Å². The molecule has 0 fully saturated rings. The van der Waals surface area contributed by atoms with Gasteiger partial charge in [-0.05, 0) is 37.1 Å². The van der Waals surface area contributed by atoms with E-state index in [9.17, 15) is 22.3 Å². The maximum Gasteiger partial charge on any atom is 0.341 e. The van der Waals surface area contributed by atoms with Crippen LogP contribution in [0.3, 0.4) is 0 Å². The summed E-state index contributed by atoms with van der Waals surface area (Å²) in [4.78, 5) is 0.483. The number of hydrogen-bond acceptors (Lipinski definition) is 8. The highest BCUT2D eigenvalue weighted by atomic mass is 35.5. The number of nitrogens with one attached hydrogen (secondary N) is 1. The average molecular weight is 463 g/mol. The number of alkyl halides is 2. The van der Waals surface area contributed by atoms with Crippen molar-refractivity contribution in [2.75, 3.05) is 5.73 Å². The van der Waals surface area contributed by atoms with E-state index in [1.807, 2.05) is 13.8 Å². The molecule has 29 heavy (non-hydrogen) atoms. The summed E-state index contributed by atoms with van der Waals surface area (Å²) in [6.45, 7) is 3.73. The van der Waals surface area contributed by atoms with Gasteiger partial charge >= 0.3 is 5.76 Å². The maximum atomic E-state index is 12.7. The Morgan fingerprint density at radius 3 is 2.62 bits per heavy atom. The van der Waals surface area contributed by atoms with E-state index in [2.05, 4.69) is 15.5 Å². The number of aliphatic hydroxyl groups is 1. The van der Waals surface area contributed by atoms with Crippen molar-refractivity contribution in [2.24, 2.45) is 0 Å². The highest BCUT2D eigenvalue weighted by Crippen LogP contribution is 2.37. The van der Waals surface area contributed by atoms with Crippen molar-refractivity contribution in [3.8, 4) is 0 Å². The number of rotatable bonds is 6. The fourth-order valence-corrected chi connectivity index (χ4v) is 4.83. The van der Waals surface area contributed by atoms with Crippen LogP contribution >= 0.6 is 22.9 Å². The fraction of sp³-hybridized carbons (Fsp3) is 0.294. The van der Waals surface area contributed by atoms with Gasteiger partial charge in [-0.15, -0.1) is 16.4 Å². The molecule has 4 N–H and O–H groups in total. The SMILES string of the molecule is Cc1nnc2sc(C(O)NCc3ccc(S(=O)(=O)C(F)F)cc3Cl)c(N)c2c1C. The molecule has 3 aromatic rings. The summed E-state index contributed by atoms with van der Waals surface area (Å²) in [5.74, 6) is -3.53. The third kappa shape index (κ3) is 4.05. The van der Waals surface area contributed by atoms with Crippen molar-refractivity contribution in [1.82, 2.24) is 15.5 Å². The lowest BCUT2D eigenvalue weighted by Crippen LogP contribution is -2.20. The second-order valence-corrected chi connectivity index (χ2v) is 9.67. The fourth-order valence-electron chi connectivity index (χ4n) is 2.71. The lowest BCUT2D eigenvalue weighted by Gasteiger charge is -2.14. The number of aliphatic hydroxyl groups excluding tert-OH is 1. The summed E-state index contributed by atoms with van der Waals surface area (Å²) < 4.78 is 48.4. The van der Waals surface area contributed by atoms with Crippen molar-refractivity contribution in [3.63, 3.8) is 0 Å². The molecule has 7 nitrogen and oxygen atoms in total. The van der Waals surface area contributed by atoms with Crippen LogP contribution in [-0.2, 0) is 16.4 Å². The van der Waals surface area contributed by atoms with E-state index in [1.54, 1.807) is 0 Å². The largest absolute Gasteiger partial charge is 0.397 e. The normalized spacial score (nSPS) is 13.3. The number of anilines is 1. The Morgan fingerprint density at radius 2 is 2.00 bits per heavy atom. The van der Waals surface area contributed by atoms with Crippen molar-refractivity contribution in [1.29, 1.82) is 0 Å². The molecule has 2 heterocycles. The molecule has 0 bridgehead atoms. The Bertz CT molecular complexity index is 1190. The molecule has 0 saturated carbocycles. The van der Waals surface area contributed by atoms with Gasteiger partial charge < -0.3 is 10.8 Å². The molecular weight excluding hydrogens is 446 g/mol. The van der Waals surface area contributed by atoms with Crippen LogP contribution in [0.5, 0.6) is 0 Å². The highest BCUT2D eigenvalue weighted by Gasteiger charge is 2.27. The number of nitrogens with zero attached hydrogens (tertiary/aromatic N) is 2. The Balaban J connectivity index is 1.81. The number of thiophene rings is 1. The summed E-state index contributed by atoms with van der Waals surface area (Å²) >= 11 is 7.23. The Hall–Kier alpha value is -1.92. The number of nitrogens with two attached hydrogens (primary N) is 1. The zero-order chi connectivity index (χ0) is 21.5. The lowest BCUT2D eigenvalue weighted by atomic mass is 10.1. The minimum Gasteiger partial charge on any atom is -0.397 e. The summed E-state index contributed by atoms with van der Waals surface area (Å²) in [7, 11) is -4.73. The van der Waals surface area contributed by atoms with Crippen LogP contribution in [0.2, 0.25) is 5.02 Å². The van der Waals surface area contributed by atoms with E-state index in [1.165, 1.54) is 17.4 Å². The Morgan fingerprint density at radius 1 is 1.31 bits per heavy atom. The molecular formula is C17H17ClF2N4O3S2. The van der Waals surface area contributed by atoms with Crippen LogP contribution in [0, 0.1) is 13.8 Å². The van der Waals surface area contributed by atoms with Gasteiger partial charge in [0.2, 0.25) is 9.84 Å². The van der Waals surface area contributed by atoms with Gasteiger partial charge in [0, 0.05) is 17.0 Å². The molecule has 1 aromatic carbocycles. The predicted molar refractivity (Wildman–Crippen MR) is 108 cm³/mol. The Kier molecular flexibility index (Phi) is 6.06. The minimum absolute atomic E-state index is 0.0203. The monoisotopic (exact) mass is 462 g/mol. The van der Waals surface area contributed by atoms with E-state index in [-0.39, 0.29) is 11.6 Å². The zero-order valence-corrected chi connectivity index (χ0v) is 17.7. The molecule has 0 amide bonds. The summed E-state index contributed by atoms with van der Waals surface area (Å²) in [6.07, 6.45) is -1.14. The first kappa shape index (κ1) is 21.8. The molecule has 3 rings (SSSR count). The third-order valence-electron chi connectivity index (χ3n) is 4.49. The smallest absolute Gasteiger partial charge is 0.341 e. The molecule has 156 valence electrons. The van der Waals surface area contributed by atoms with Crippen LogP contribution < -0.4 is 11.1 Å². The van der Waals surface area contributed by atoms with E-state index in [0.29, 0.717) is 21.0 Å². The average Bonchev–Trinajstić information content (AvgIpc) is 3.00. The molecule has 0 saturated heterocycles. The first-order valence-electron chi connectivity index (χ1n) is 8.27. The summed E-state index contributed by atoms with van der Waals surface area (Å²) in [5, 5.41) is 22.2. The number of benzene rings is 1. The van der Waals surface area contributed by atoms with Gasteiger partial charge in [-0.25, -0.2) is 8.42 Å². The van der Waals surface area contributed by atoms with Gasteiger partial charge in [0.15, 0.2) is 0 Å². The van der Waals surface area contributed by atoms with Gasteiger partial charge in [-0.1, -0.05) is 17.7 Å². The van der Waals surface area contributed by atoms with Gasteiger partial charge in [-0.3, -0.25) is 5.32 Å². The molecule has 0 aliphatic rings. The number of nitrogen functional groups attached to an aromatic ring is 1. The van der Waals surface area contributed by atoms with Crippen molar-refractivity contribution < 1.29 is 22.3 Å². The molecule has 0 radical (unpaired) electrons. The van der Waals surface area contributed by atoms with Crippen molar-refractivity contribution in [2.45, 2.75) is 37.3 Å². The number of aromatic nitrogens is 2. The Labute approximate surface area is 174 Å². The molecule has 0 aliphatic carbocycles. The minimum atomic E-state index is -4.73. The zero-order valence-electron chi connectivity index (χ0n) is 15.3. The van der Waals surface area contributed by atoms with Crippen LogP contribution in [0.25, 0.3) is 10.2 Å². The summed E-state index contributed by atoms with van der Waals surface area (Å²) in [6, 6.07) is 3.32. The highest BCUT2D eigenvalue weighted by molar-refractivity contribution is 7.91. The molecule has 2 aromatic heterocycles. The second-order valence-electron chi connectivity index (χ2n) is 6.31. The molecule has 12 heteroatoms. The van der Waals surface area contributed by atoms with Crippen LogP contribution in [0.1, 0.15) is 27.9 Å². The number of halogens is 3. The third-order valence-corrected chi connectivity index (χ3v) is 7.36. The topological polar surface area (TPSA) is 118 Å².